The van der Waals surface area contributed by atoms with E-state index in [2.05, 4.69) is 19.2 Å². The molecule has 2 aliphatic rings. The average molecular weight is 252 g/mol. The standard InChI is InChI=1S/C15H28N2O/c1-12-8-15(9-12,10-16)13(18)17-11-14(2)6-4-3-5-7-14/h12H,3-11,16H2,1-2H3,(H,17,18). The number of carbonyl (C=O) groups excluding carboxylic acids is 1. The van der Waals surface area contributed by atoms with Gasteiger partial charge in [0.2, 0.25) is 5.91 Å². The molecule has 104 valence electrons. The van der Waals surface area contributed by atoms with Gasteiger partial charge in [0.25, 0.3) is 0 Å². The van der Waals surface area contributed by atoms with Crippen LogP contribution in [0.1, 0.15) is 58.8 Å². The van der Waals surface area contributed by atoms with Crippen LogP contribution < -0.4 is 11.1 Å². The van der Waals surface area contributed by atoms with Crippen molar-refractivity contribution in [2.45, 2.75) is 58.8 Å². The van der Waals surface area contributed by atoms with E-state index < -0.39 is 0 Å². The first kappa shape index (κ1) is 13.9. The molecule has 1 amide bonds. The summed E-state index contributed by atoms with van der Waals surface area (Å²) < 4.78 is 0. The molecule has 2 aliphatic carbocycles. The highest BCUT2D eigenvalue weighted by Crippen LogP contribution is 2.45. The van der Waals surface area contributed by atoms with Gasteiger partial charge in [-0.05, 0) is 37.0 Å². The van der Waals surface area contributed by atoms with Crippen molar-refractivity contribution in [3.63, 3.8) is 0 Å². The largest absolute Gasteiger partial charge is 0.355 e. The topological polar surface area (TPSA) is 55.1 Å². The summed E-state index contributed by atoms with van der Waals surface area (Å²) in [6.45, 7) is 5.84. The zero-order valence-corrected chi connectivity index (χ0v) is 11.9. The molecule has 0 aliphatic heterocycles. The third-order valence-electron chi connectivity index (χ3n) is 5.09. The lowest BCUT2D eigenvalue weighted by molar-refractivity contribution is -0.138. The van der Waals surface area contributed by atoms with Gasteiger partial charge >= 0.3 is 0 Å². The fourth-order valence-corrected chi connectivity index (χ4v) is 3.78. The van der Waals surface area contributed by atoms with Crippen molar-refractivity contribution in [3.05, 3.63) is 0 Å². The highest BCUT2D eigenvalue weighted by atomic mass is 16.2. The molecular weight excluding hydrogens is 224 g/mol. The van der Waals surface area contributed by atoms with Crippen molar-refractivity contribution in [2.24, 2.45) is 22.5 Å². The van der Waals surface area contributed by atoms with Crippen LogP contribution in [0.2, 0.25) is 0 Å². The summed E-state index contributed by atoms with van der Waals surface area (Å²) in [5, 5.41) is 3.19. The fourth-order valence-electron chi connectivity index (χ4n) is 3.78. The normalized spacial score (nSPS) is 34.7. The lowest BCUT2D eigenvalue weighted by Crippen LogP contribution is -2.54. The van der Waals surface area contributed by atoms with Crippen LogP contribution in [-0.4, -0.2) is 19.0 Å². The van der Waals surface area contributed by atoms with E-state index in [1.54, 1.807) is 0 Å². The second-order valence-electron chi connectivity index (χ2n) is 7.05. The maximum absolute atomic E-state index is 12.3. The van der Waals surface area contributed by atoms with Gasteiger partial charge in [0.05, 0.1) is 5.41 Å². The van der Waals surface area contributed by atoms with Gasteiger partial charge in [-0.1, -0.05) is 33.1 Å². The van der Waals surface area contributed by atoms with Crippen LogP contribution >= 0.6 is 0 Å². The molecule has 3 N–H and O–H groups in total. The molecule has 3 heteroatoms. The summed E-state index contributed by atoms with van der Waals surface area (Å²) in [6.07, 6.45) is 8.40. The molecule has 0 aromatic heterocycles. The van der Waals surface area contributed by atoms with Crippen molar-refractivity contribution in [1.82, 2.24) is 5.32 Å². The first-order chi connectivity index (χ1) is 8.50. The highest BCUT2D eigenvalue weighted by molar-refractivity contribution is 5.84. The molecule has 3 nitrogen and oxygen atoms in total. The van der Waals surface area contributed by atoms with Gasteiger partial charge in [-0.3, -0.25) is 4.79 Å². The Morgan fingerprint density at radius 1 is 1.28 bits per heavy atom. The minimum absolute atomic E-state index is 0.204. The molecule has 2 fully saturated rings. The van der Waals surface area contributed by atoms with Gasteiger partial charge in [0.1, 0.15) is 0 Å². The Balaban J connectivity index is 1.84. The summed E-state index contributed by atoms with van der Waals surface area (Å²) in [7, 11) is 0. The van der Waals surface area contributed by atoms with Crippen molar-refractivity contribution < 1.29 is 4.79 Å². The van der Waals surface area contributed by atoms with Crippen molar-refractivity contribution in [2.75, 3.05) is 13.1 Å². The molecular formula is C15H28N2O. The molecule has 0 heterocycles. The van der Waals surface area contributed by atoms with E-state index in [9.17, 15) is 4.79 Å². The quantitative estimate of drug-likeness (QED) is 0.807. The molecule has 0 atom stereocenters. The molecule has 18 heavy (non-hydrogen) atoms. The van der Waals surface area contributed by atoms with E-state index in [4.69, 9.17) is 5.73 Å². The van der Waals surface area contributed by atoms with Crippen molar-refractivity contribution in [3.8, 4) is 0 Å². The van der Waals surface area contributed by atoms with Crippen LogP contribution in [0, 0.1) is 16.7 Å². The molecule has 2 rings (SSSR count). The van der Waals surface area contributed by atoms with E-state index in [0.717, 1.165) is 19.4 Å². The van der Waals surface area contributed by atoms with Gasteiger partial charge in [-0.15, -0.1) is 0 Å². The number of amides is 1. The zero-order chi connectivity index (χ0) is 13.2. The van der Waals surface area contributed by atoms with Gasteiger partial charge in [-0.25, -0.2) is 0 Å². The van der Waals surface area contributed by atoms with E-state index in [-0.39, 0.29) is 11.3 Å². The van der Waals surface area contributed by atoms with E-state index in [1.165, 1.54) is 32.1 Å². The lowest BCUT2D eigenvalue weighted by atomic mass is 9.62. The third-order valence-corrected chi connectivity index (χ3v) is 5.09. The predicted molar refractivity (Wildman–Crippen MR) is 74.1 cm³/mol. The van der Waals surface area contributed by atoms with Crippen LogP contribution in [0.25, 0.3) is 0 Å². The SMILES string of the molecule is CC1CC(CN)(C(=O)NCC2(C)CCCCC2)C1. The van der Waals surface area contributed by atoms with Crippen LogP contribution in [0.4, 0.5) is 0 Å². The fraction of sp³-hybridized carbons (Fsp3) is 0.933. The summed E-state index contributed by atoms with van der Waals surface area (Å²) in [5.74, 6) is 0.861. The Bertz CT molecular complexity index is 302. The average Bonchev–Trinajstić information content (AvgIpc) is 2.33. The Kier molecular flexibility index (Phi) is 4.00. The number of hydrogen-bond acceptors (Lipinski definition) is 2. The van der Waals surface area contributed by atoms with Crippen LogP contribution in [0.3, 0.4) is 0 Å². The summed E-state index contributed by atoms with van der Waals surface area (Å²) in [6, 6.07) is 0. The Morgan fingerprint density at radius 2 is 1.89 bits per heavy atom. The minimum Gasteiger partial charge on any atom is -0.355 e. The number of carbonyl (C=O) groups is 1. The van der Waals surface area contributed by atoms with E-state index >= 15 is 0 Å². The molecule has 0 spiro atoms. The van der Waals surface area contributed by atoms with Gasteiger partial charge in [-0.2, -0.15) is 0 Å². The monoisotopic (exact) mass is 252 g/mol. The van der Waals surface area contributed by atoms with Crippen molar-refractivity contribution in [1.29, 1.82) is 0 Å². The summed E-state index contributed by atoms with van der Waals surface area (Å²) >= 11 is 0. The summed E-state index contributed by atoms with van der Waals surface area (Å²) in [5.41, 5.74) is 5.89. The molecule has 0 aromatic rings. The van der Waals surface area contributed by atoms with Gasteiger partial charge in [0, 0.05) is 13.1 Å². The summed E-state index contributed by atoms with van der Waals surface area (Å²) in [4.78, 5) is 12.3. The van der Waals surface area contributed by atoms with E-state index in [0.29, 0.717) is 17.9 Å². The first-order valence-corrected chi connectivity index (χ1v) is 7.48. The highest BCUT2D eigenvalue weighted by Gasteiger charge is 2.47. The predicted octanol–water partition coefficient (Wildman–Crippen LogP) is 2.45. The van der Waals surface area contributed by atoms with Gasteiger partial charge < -0.3 is 11.1 Å². The van der Waals surface area contributed by atoms with E-state index in [1.807, 2.05) is 0 Å². The maximum atomic E-state index is 12.3. The lowest BCUT2D eigenvalue weighted by Gasteiger charge is -2.45. The molecule has 2 saturated carbocycles. The van der Waals surface area contributed by atoms with Gasteiger partial charge in [0.15, 0.2) is 0 Å². The number of rotatable bonds is 4. The number of nitrogens with one attached hydrogen (secondary N) is 1. The Morgan fingerprint density at radius 3 is 2.39 bits per heavy atom. The third kappa shape index (κ3) is 2.71. The molecule has 0 aromatic carbocycles. The molecule has 0 radical (unpaired) electrons. The zero-order valence-electron chi connectivity index (χ0n) is 11.9. The minimum atomic E-state index is -0.246. The van der Waals surface area contributed by atoms with Crippen LogP contribution in [0.15, 0.2) is 0 Å². The van der Waals surface area contributed by atoms with Crippen LogP contribution in [-0.2, 0) is 4.79 Å². The Labute approximate surface area is 111 Å². The van der Waals surface area contributed by atoms with Crippen molar-refractivity contribution >= 4 is 5.91 Å². The Hall–Kier alpha value is -0.570. The second kappa shape index (κ2) is 5.20. The number of hydrogen-bond donors (Lipinski definition) is 2. The first-order valence-electron chi connectivity index (χ1n) is 7.48. The number of nitrogens with two attached hydrogens (primary N) is 1. The second-order valence-corrected chi connectivity index (χ2v) is 7.05. The molecule has 0 saturated heterocycles. The molecule has 0 bridgehead atoms. The van der Waals surface area contributed by atoms with Crippen LogP contribution in [0.5, 0.6) is 0 Å². The molecule has 0 unspecified atom stereocenters. The maximum Gasteiger partial charge on any atom is 0.227 e. The smallest absolute Gasteiger partial charge is 0.227 e.